The minimum atomic E-state index is -1.49. The monoisotopic (exact) mass is 252 g/mol. The maximum absolute atomic E-state index is 9.38. The zero-order chi connectivity index (χ0) is 13.4. The highest BCUT2D eigenvalue weighted by Crippen LogP contribution is 2.25. The van der Waals surface area contributed by atoms with E-state index in [2.05, 4.69) is 4.98 Å². The summed E-state index contributed by atoms with van der Waals surface area (Å²) in [6.45, 7) is 2.02. The van der Waals surface area contributed by atoms with Crippen molar-refractivity contribution in [3.05, 3.63) is 54.5 Å². The largest absolute Gasteiger partial charge is 0.489 e. The van der Waals surface area contributed by atoms with Gasteiger partial charge < -0.3 is 14.4 Å². The van der Waals surface area contributed by atoms with E-state index in [-0.39, 0.29) is 0 Å². The third-order valence-electron chi connectivity index (χ3n) is 3.24. The van der Waals surface area contributed by atoms with E-state index >= 15 is 0 Å². The fourth-order valence-electron chi connectivity index (χ4n) is 2.27. The van der Waals surface area contributed by atoms with E-state index in [1.54, 1.807) is 29.1 Å². The van der Waals surface area contributed by atoms with Crippen LogP contribution in [0.3, 0.4) is 0 Å². The number of fused-ring (bicyclic) bond motifs is 1. The van der Waals surface area contributed by atoms with Crippen molar-refractivity contribution in [3.63, 3.8) is 0 Å². The molecule has 3 rings (SSSR count). The first-order valence-electron chi connectivity index (χ1n) is 6.05. The number of nitrogens with zero attached hydrogens (tertiary/aromatic N) is 2. The summed E-state index contributed by atoms with van der Waals surface area (Å²) in [6, 6.07) is 9.75. The lowest BCUT2D eigenvalue weighted by Crippen LogP contribution is -2.30. The molecule has 3 aromatic rings. The Kier molecular flexibility index (Phi) is 2.85. The molecule has 0 atom stereocenters. The van der Waals surface area contributed by atoms with Gasteiger partial charge in [0.05, 0.1) is 0 Å². The molecule has 0 amide bonds. The zero-order valence-electron chi connectivity index (χ0n) is 10.5. The Morgan fingerprint density at radius 2 is 1.95 bits per heavy atom. The maximum Gasteiger partial charge on any atom is 0.489 e. The molecule has 0 fully saturated rings. The standard InChI is InChI=1S/C14H13BN2O2/c1-10-4-2-3-5-12(10)13-8-11(15(18)19)9-17-7-6-16-14(13)17/h2-9,18-19H,1H3. The Morgan fingerprint density at radius 1 is 1.16 bits per heavy atom. The quantitative estimate of drug-likeness (QED) is 0.668. The van der Waals surface area contributed by atoms with Gasteiger partial charge in [0, 0.05) is 24.2 Å². The SMILES string of the molecule is Cc1ccccc1-c1cc(B(O)O)cn2ccnc12. The average molecular weight is 252 g/mol. The number of aryl methyl sites for hydroxylation is 1. The highest BCUT2D eigenvalue weighted by molar-refractivity contribution is 6.58. The molecule has 0 spiro atoms. The molecule has 0 radical (unpaired) electrons. The maximum atomic E-state index is 9.38. The number of hydrogen-bond acceptors (Lipinski definition) is 3. The highest BCUT2D eigenvalue weighted by atomic mass is 16.4. The van der Waals surface area contributed by atoms with Crippen LogP contribution in [0.1, 0.15) is 5.56 Å². The Balaban J connectivity index is 2.33. The van der Waals surface area contributed by atoms with Crippen LogP contribution in [0.2, 0.25) is 0 Å². The van der Waals surface area contributed by atoms with Crippen molar-refractivity contribution >= 4 is 18.2 Å². The summed E-state index contributed by atoms with van der Waals surface area (Å²) in [4.78, 5) is 4.34. The summed E-state index contributed by atoms with van der Waals surface area (Å²) in [5.41, 5.74) is 4.31. The first-order chi connectivity index (χ1) is 9.16. The van der Waals surface area contributed by atoms with Gasteiger partial charge in [0.15, 0.2) is 0 Å². The Morgan fingerprint density at radius 3 is 2.68 bits per heavy atom. The van der Waals surface area contributed by atoms with Gasteiger partial charge in [-0.05, 0) is 29.6 Å². The zero-order valence-corrected chi connectivity index (χ0v) is 10.5. The summed E-state index contributed by atoms with van der Waals surface area (Å²) < 4.78 is 1.80. The molecule has 0 unspecified atom stereocenters. The van der Waals surface area contributed by atoms with Gasteiger partial charge in [0.1, 0.15) is 5.65 Å². The first kappa shape index (κ1) is 12.0. The molecule has 0 aliphatic heterocycles. The number of hydrogen-bond donors (Lipinski definition) is 2. The predicted octanol–water partition coefficient (Wildman–Crippen LogP) is 0.990. The van der Waals surface area contributed by atoms with Crippen LogP contribution in [0, 0.1) is 6.92 Å². The van der Waals surface area contributed by atoms with Gasteiger partial charge >= 0.3 is 7.12 Å². The third kappa shape index (κ3) is 2.03. The second-order valence-corrected chi connectivity index (χ2v) is 4.53. The van der Waals surface area contributed by atoms with E-state index in [0.717, 1.165) is 22.3 Å². The second kappa shape index (κ2) is 4.53. The summed E-state index contributed by atoms with van der Waals surface area (Å²) in [7, 11) is -1.49. The molecule has 0 saturated heterocycles. The molecule has 2 aromatic heterocycles. The van der Waals surface area contributed by atoms with Crippen molar-refractivity contribution in [2.75, 3.05) is 0 Å². The van der Waals surface area contributed by atoms with Gasteiger partial charge in [0.25, 0.3) is 0 Å². The lowest BCUT2D eigenvalue weighted by molar-refractivity contribution is 0.425. The Labute approximate surface area is 111 Å². The number of imidazole rings is 1. The molecule has 0 bridgehead atoms. The Bertz CT molecular complexity index is 737. The summed E-state index contributed by atoms with van der Waals surface area (Å²) in [5, 5.41) is 18.8. The molecule has 19 heavy (non-hydrogen) atoms. The molecule has 1 aromatic carbocycles. The van der Waals surface area contributed by atoms with Crippen LogP contribution >= 0.6 is 0 Å². The molecule has 5 heteroatoms. The van der Waals surface area contributed by atoms with Gasteiger partial charge in [-0.25, -0.2) is 4.98 Å². The molecular formula is C14H13BN2O2. The third-order valence-corrected chi connectivity index (χ3v) is 3.24. The van der Waals surface area contributed by atoms with Gasteiger partial charge in [-0.2, -0.15) is 0 Å². The molecule has 4 nitrogen and oxygen atoms in total. The van der Waals surface area contributed by atoms with Crippen LogP contribution in [0.25, 0.3) is 16.8 Å². The van der Waals surface area contributed by atoms with Crippen LogP contribution < -0.4 is 5.46 Å². The van der Waals surface area contributed by atoms with Crippen LogP contribution in [0.5, 0.6) is 0 Å². The van der Waals surface area contributed by atoms with Crippen molar-refractivity contribution in [1.82, 2.24) is 9.38 Å². The van der Waals surface area contributed by atoms with Gasteiger partial charge in [-0.1, -0.05) is 24.3 Å². The van der Waals surface area contributed by atoms with Gasteiger partial charge in [0.2, 0.25) is 0 Å². The molecular weight excluding hydrogens is 239 g/mol. The fraction of sp³-hybridized carbons (Fsp3) is 0.0714. The van der Waals surface area contributed by atoms with Crippen molar-refractivity contribution in [1.29, 1.82) is 0 Å². The van der Waals surface area contributed by atoms with E-state index in [1.165, 1.54) is 0 Å². The van der Waals surface area contributed by atoms with Crippen molar-refractivity contribution in [3.8, 4) is 11.1 Å². The normalized spacial score (nSPS) is 10.9. The van der Waals surface area contributed by atoms with E-state index in [1.807, 2.05) is 31.2 Å². The second-order valence-electron chi connectivity index (χ2n) is 4.53. The smallest absolute Gasteiger partial charge is 0.423 e. The Hall–Kier alpha value is -2.11. The van der Waals surface area contributed by atoms with E-state index in [4.69, 9.17) is 0 Å². The minimum Gasteiger partial charge on any atom is -0.423 e. The number of aromatic nitrogens is 2. The van der Waals surface area contributed by atoms with E-state index < -0.39 is 7.12 Å². The summed E-state index contributed by atoms with van der Waals surface area (Å²) in [5.74, 6) is 0. The van der Waals surface area contributed by atoms with Crippen LogP contribution in [0.4, 0.5) is 0 Å². The minimum absolute atomic E-state index is 0.448. The number of benzene rings is 1. The topological polar surface area (TPSA) is 57.8 Å². The average Bonchev–Trinajstić information content (AvgIpc) is 2.86. The number of pyridine rings is 1. The summed E-state index contributed by atoms with van der Waals surface area (Å²) in [6.07, 6.45) is 5.17. The van der Waals surface area contributed by atoms with Crippen molar-refractivity contribution < 1.29 is 10.0 Å². The predicted molar refractivity (Wildman–Crippen MR) is 75.2 cm³/mol. The van der Waals surface area contributed by atoms with E-state index in [9.17, 15) is 10.0 Å². The molecule has 0 aliphatic rings. The lowest BCUT2D eigenvalue weighted by Gasteiger charge is -2.10. The molecule has 2 heterocycles. The molecule has 0 aliphatic carbocycles. The first-order valence-corrected chi connectivity index (χ1v) is 6.05. The molecule has 94 valence electrons. The lowest BCUT2D eigenvalue weighted by atomic mass is 9.80. The van der Waals surface area contributed by atoms with Crippen LogP contribution in [-0.4, -0.2) is 26.6 Å². The van der Waals surface area contributed by atoms with E-state index in [0.29, 0.717) is 5.46 Å². The number of rotatable bonds is 2. The van der Waals surface area contributed by atoms with Crippen LogP contribution in [0.15, 0.2) is 48.9 Å². The highest BCUT2D eigenvalue weighted by Gasteiger charge is 2.16. The molecule has 2 N–H and O–H groups in total. The van der Waals surface area contributed by atoms with Crippen molar-refractivity contribution in [2.45, 2.75) is 6.92 Å². The van der Waals surface area contributed by atoms with Gasteiger partial charge in [-0.15, -0.1) is 0 Å². The molecule has 0 saturated carbocycles. The van der Waals surface area contributed by atoms with Crippen molar-refractivity contribution in [2.24, 2.45) is 0 Å². The van der Waals surface area contributed by atoms with Crippen LogP contribution in [-0.2, 0) is 0 Å². The van der Waals surface area contributed by atoms with Gasteiger partial charge in [-0.3, -0.25) is 0 Å². The summed E-state index contributed by atoms with van der Waals surface area (Å²) >= 11 is 0. The fourth-order valence-corrected chi connectivity index (χ4v) is 2.27.